The molecule has 0 aromatic heterocycles. The van der Waals surface area contributed by atoms with E-state index in [1.54, 1.807) is 45.7 Å². The van der Waals surface area contributed by atoms with Gasteiger partial charge < -0.3 is 60.6 Å². The number of hydrogen-bond acceptors (Lipinski definition) is 17. The van der Waals surface area contributed by atoms with E-state index in [4.69, 9.17) is 39.4 Å². The van der Waals surface area contributed by atoms with Crippen molar-refractivity contribution in [2.24, 2.45) is 0 Å². The minimum Gasteiger partial charge on any atom is -0.507 e. The number of phenolic OH excluding ortho intramolecular Hbond substituents is 1. The van der Waals surface area contributed by atoms with Crippen LogP contribution in [0.15, 0.2) is 83.2 Å². The Balaban J connectivity index is 0.00000105. The number of aromatic hydroxyl groups is 1. The highest BCUT2D eigenvalue weighted by Gasteiger charge is 2.39. The summed E-state index contributed by atoms with van der Waals surface area (Å²) in [5.41, 5.74) is 3.23. The predicted octanol–water partition coefficient (Wildman–Crippen LogP) is 2.60. The fourth-order valence-corrected chi connectivity index (χ4v) is 6.88. The number of hydrogen-bond donors (Lipinski definition) is 7. The van der Waals surface area contributed by atoms with Gasteiger partial charge in [0.25, 0.3) is 5.69 Å². The second-order valence-corrected chi connectivity index (χ2v) is 14.3. The van der Waals surface area contributed by atoms with Crippen LogP contribution < -0.4 is 15.4 Å². The van der Waals surface area contributed by atoms with Crippen LogP contribution in [-0.4, -0.2) is 141 Å². The summed E-state index contributed by atoms with van der Waals surface area (Å²) in [4.78, 5) is 78.2. The number of dihydropyridines is 1. The molecule has 0 spiro atoms. The van der Waals surface area contributed by atoms with Crippen LogP contribution in [0.3, 0.4) is 0 Å². The lowest BCUT2D eigenvalue weighted by Gasteiger charge is -2.31. The van der Waals surface area contributed by atoms with Gasteiger partial charge in [-0.1, -0.05) is 12.1 Å². The first kappa shape index (κ1) is 56.2. The molecule has 2 aliphatic rings. The van der Waals surface area contributed by atoms with Crippen molar-refractivity contribution in [1.29, 1.82) is 0 Å². The van der Waals surface area contributed by atoms with Crippen LogP contribution >= 0.6 is 11.8 Å². The summed E-state index contributed by atoms with van der Waals surface area (Å²) in [5.74, 6) is -5.25. The maximum atomic E-state index is 13.5. The van der Waals surface area contributed by atoms with Crippen molar-refractivity contribution in [3.05, 3.63) is 110 Å². The Morgan fingerprint density at radius 1 is 0.892 bits per heavy atom. The van der Waals surface area contributed by atoms with Crippen molar-refractivity contribution in [2.45, 2.75) is 39.8 Å². The third-order valence-corrected chi connectivity index (χ3v) is 9.73. The Morgan fingerprint density at radius 2 is 1.43 bits per heavy atom. The van der Waals surface area contributed by atoms with Crippen LogP contribution in [0.4, 0.5) is 5.69 Å². The summed E-state index contributed by atoms with van der Waals surface area (Å²) in [6, 6.07) is 9.60. The van der Waals surface area contributed by atoms with Crippen LogP contribution in [0.5, 0.6) is 11.5 Å². The molecule has 2 aromatic rings. The Bertz CT molecular complexity index is 2050. The monoisotopic (exact) mass is 934 g/mol. The first-order chi connectivity index (χ1) is 30.4. The second-order valence-electron chi connectivity index (χ2n) is 13.2. The van der Waals surface area contributed by atoms with E-state index in [1.807, 2.05) is 12.1 Å². The molecule has 4 rings (SSSR count). The predicted molar refractivity (Wildman–Crippen MR) is 234 cm³/mol. The lowest BCUT2D eigenvalue weighted by Crippen LogP contribution is -2.35. The Labute approximate surface area is 377 Å². The molecule has 2 aromatic carbocycles. The number of thioether (sulfide) groups is 1. The summed E-state index contributed by atoms with van der Waals surface area (Å²) in [6.07, 6.45) is 2.23. The number of ether oxygens (including phenoxy) is 4. The number of esters is 2. The molecular weight excluding hydrogens is 881 g/mol. The number of non-ortho nitro benzene ring substituents is 1. The van der Waals surface area contributed by atoms with Gasteiger partial charge in [0.2, 0.25) is 0 Å². The van der Waals surface area contributed by atoms with E-state index in [0.717, 1.165) is 24.2 Å². The van der Waals surface area contributed by atoms with Gasteiger partial charge in [-0.05, 0) is 38.5 Å². The average molecular weight is 935 g/mol. The van der Waals surface area contributed by atoms with E-state index in [-0.39, 0.29) is 41.3 Å². The summed E-state index contributed by atoms with van der Waals surface area (Å²) < 4.78 is 21.7. The maximum absolute atomic E-state index is 13.5. The number of nitrogens with one attached hydrogen (secondary N) is 2. The van der Waals surface area contributed by atoms with Crippen LogP contribution in [0.1, 0.15) is 43.4 Å². The van der Waals surface area contributed by atoms with E-state index in [9.17, 15) is 44.0 Å². The van der Waals surface area contributed by atoms with E-state index in [2.05, 4.69) is 15.5 Å². The van der Waals surface area contributed by atoms with Crippen LogP contribution in [0, 0.1) is 10.1 Å². The van der Waals surface area contributed by atoms with Gasteiger partial charge in [-0.2, -0.15) is 11.8 Å². The molecule has 0 saturated carbocycles. The van der Waals surface area contributed by atoms with Crippen molar-refractivity contribution in [2.75, 3.05) is 64.7 Å². The second kappa shape index (κ2) is 29.6. The highest BCUT2D eigenvalue weighted by atomic mass is 32.2. The normalized spacial score (nSPS) is 14.7. The minimum atomic E-state index is -1.26. The molecule has 0 aliphatic carbocycles. The van der Waals surface area contributed by atoms with Crippen molar-refractivity contribution < 1.29 is 83.6 Å². The average Bonchev–Trinajstić information content (AvgIpc) is 3.25. The van der Waals surface area contributed by atoms with E-state index in [1.165, 1.54) is 18.2 Å². The Morgan fingerprint density at radius 3 is 1.94 bits per heavy atom. The number of carboxylic acids is 4. The molecule has 2 heterocycles. The summed E-state index contributed by atoms with van der Waals surface area (Å²) in [7, 11) is 1.60. The van der Waals surface area contributed by atoms with Gasteiger partial charge in [-0.3, -0.25) is 15.0 Å². The van der Waals surface area contributed by atoms with Crippen molar-refractivity contribution >= 4 is 53.3 Å². The number of morpholine rings is 1. The number of nitrogens with zero attached hydrogens (tertiary/aromatic N) is 2. The fourth-order valence-electron chi connectivity index (χ4n) is 6.02. The Kier molecular flexibility index (Phi) is 25.6. The number of nitro groups is 1. The minimum absolute atomic E-state index is 0. The van der Waals surface area contributed by atoms with Gasteiger partial charge in [0.05, 0.1) is 55.5 Å². The number of methoxy groups -OCH3 is 1. The van der Waals surface area contributed by atoms with E-state index < -0.39 is 46.7 Å². The molecule has 0 amide bonds. The van der Waals surface area contributed by atoms with Gasteiger partial charge in [0.15, 0.2) is 0 Å². The fraction of sp³-hybridized carbons (Fsp3) is 0.381. The van der Waals surface area contributed by atoms with Crippen LogP contribution in [0.2, 0.25) is 0 Å². The van der Waals surface area contributed by atoms with Crippen LogP contribution in [-0.2, 0) is 56.1 Å². The number of allylic oxidation sites excluding steroid dienone is 1. The first-order valence-electron chi connectivity index (χ1n) is 19.5. The SMILES string of the molecule is CCOC(=O)C1=C(C)NC(CSCCNCc2cc(OC)cc(CN3CCOCC3)c2O)=C(C(=O)OCC)C1c1cccc([N+](=O)[O-])c1.O.O=C(O)C=CC(=O)O.O=C(O)C=CC(=O)O. The highest BCUT2D eigenvalue weighted by Crippen LogP contribution is 2.41. The maximum Gasteiger partial charge on any atom is 0.336 e. The molecule has 0 radical (unpaired) electrons. The molecule has 1 unspecified atom stereocenters. The smallest absolute Gasteiger partial charge is 0.336 e. The molecule has 65 heavy (non-hydrogen) atoms. The standard InChI is InChI=1S/C34H44N4O9S.2C4H4O4.H2O/c1-5-46-33(40)29-22(3)36-28(31(34(41)47-6-2)30(29)23-8-7-9-26(16-23)38(42)43)21-48-15-10-35-19-24-17-27(44-4)18-25(32(24)39)20-37-11-13-45-14-12-37;2*5-3(6)1-2-4(7)8;/h7-9,16-18,30,35-36,39H,5-6,10-15,19-21H2,1-4H3;2*1-2H,(H,5,6)(H,7,8);1H2. The molecule has 1 fully saturated rings. The highest BCUT2D eigenvalue weighted by molar-refractivity contribution is 7.99. The number of carbonyl (C=O) groups is 6. The largest absolute Gasteiger partial charge is 0.507 e. The third kappa shape index (κ3) is 19.6. The lowest BCUT2D eigenvalue weighted by molar-refractivity contribution is -0.384. The number of carboxylic acid groups (broad SMARTS) is 4. The van der Waals surface area contributed by atoms with Gasteiger partial charge in [0.1, 0.15) is 11.5 Å². The number of nitro benzene ring substituents is 1. The number of phenols is 1. The molecule has 23 heteroatoms. The number of aliphatic carboxylic acids is 4. The van der Waals surface area contributed by atoms with Crippen molar-refractivity contribution in [3.63, 3.8) is 0 Å². The number of carbonyl (C=O) groups excluding carboxylic acids is 2. The number of rotatable bonds is 20. The van der Waals surface area contributed by atoms with E-state index in [0.29, 0.717) is 91.4 Å². The summed E-state index contributed by atoms with van der Waals surface area (Å²) in [5, 5.41) is 60.5. The van der Waals surface area contributed by atoms with Crippen molar-refractivity contribution in [1.82, 2.24) is 15.5 Å². The van der Waals surface area contributed by atoms with Gasteiger partial charge in [0, 0.05) is 103 Å². The zero-order chi connectivity index (χ0) is 47.8. The van der Waals surface area contributed by atoms with Gasteiger partial charge in [-0.15, -0.1) is 0 Å². The summed E-state index contributed by atoms with van der Waals surface area (Å²) >= 11 is 1.56. The molecule has 0 bridgehead atoms. The molecule has 2 aliphatic heterocycles. The molecule has 356 valence electrons. The van der Waals surface area contributed by atoms with Crippen LogP contribution in [0.25, 0.3) is 0 Å². The topological polar surface area (TPSA) is 342 Å². The van der Waals surface area contributed by atoms with E-state index >= 15 is 0 Å². The third-order valence-electron chi connectivity index (χ3n) is 8.75. The molecule has 9 N–H and O–H groups in total. The van der Waals surface area contributed by atoms with Crippen molar-refractivity contribution in [3.8, 4) is 11.5 Å². The van der Waals surface area contributed by atoms with Gasteiger partial charge in [-0.25, -0.2) is 28.8 Å². The van der Waals surface area contributed by atoms with Gasteiger partial charge >= 0.3 is 35.8 Å². The zero-order valence-electron chi connectivity index (χ0n) is 36.1. The molecule has 22 nitrogen and oxygen atoms in total. The molecule has 1 atom stereocenters. The molecular formula is C42H54N4O18S. The quantitative estimate of drug-likeness (QED) is 0.0330. The first-order valence-corrected chi connectivity index (χ1v) is 20.6. The zero-order valence-corrected chi connectivity index (χ0v) is 36.9. The lowest BCUT2D eigenvalue weighted by atomic mass is 9.80. The summed E-state index contributed by atoms with van der Waals surface area (Å²) in [6.45, 7) is 9.89. The number of benzene rings is 2. The molecule has 1 saturated heterocycles. The Hall–Kier alpha value is -6.79.